The molecule has 1 aromatic heterocycles. The number of aromatic nitrogens is 2. The van der Waals surface area contributed by atoms with Crippen LogP contribution in [0.1, 0.15) is 5.56 Å². The summed E-state index contributed by atoms with van der Waals surface area (Å²) in [5.74, 6) is 0.802. The first kappa shape index (κ1) is 15.7. The van der Waals surface area contributed by atoms with Gasteiger partial charge in [0.1, 0.15) is 5.75 Å². The Bertz CT molecular complexity index is 876. The van der Waals surface area contributed by atoms with Crippen molar-refractivity contribution in [3.8, 4) is 17.0 Å². The van der Waals surface area contributed by atoms with Crippen LogP contribution in [0.15, 0.2) is 65.5 Å². The first-order valence-electron chi connectivity index (χ1n) is 7.13. The molecular formula is C18H15IN2O2. The molecule has 0 N–H and O–H groups in total. The molecule has 0 saturated carbocycles. The Morgan fingerprint density at radius 1 is 1.09 bits per heavy atom. The van der Waals surface area contributed by atoms with Crippen LogP contribution in [0.4, 0.5) is 0 Å². The van der Waals surface area contributed by atoms with Crippen molar-refractivity contribution in [1.29, 1.82) is 0 Å². The first-order chi connectivity index (χ1) is 11.2. The second-order valence-electron chi connectivity index (χ2n) is 5.05. The molecule has 116 valence electrons. The van der Waals surface area contributed by atoms with Gasteiger partial charge in [-0.15, -0.1) is 0 Å². The third-order valence-electron chi connectivity index (χ3n) is 3.49. The zero-order valence-corrected chi connectivity index (χ0v) is 14.7. The highest BCUT2D eigenvalue weighted by atomic mass is 127. The number of methoxy groups -OCH3 is 1. The van der Waals surface area contributed by atoms with Crippen molar-refractivity contribution in [3.63, 3.8) is 0 Å². The molecule has 0 atom stereocenters. The Morgan fingerprint density at radius 3 is 2.57 bits per heavy atom. The van der Waals surface area contributed by atoms with E-state index in [0.29, 0.717) is 6.54 Å². The third-order valence-corrected chi connectivity index (χ3v) is 4.39. The van der Waals surface area contributed by atoms with E-state index in [1.807, 2.05) is 48.5 Å². The molecule has 0 aliphatic carbocycles. The van der Waals surface area contributed by atoms with E-state index in [0.717, 1.165) is 26.1 Å². The normalized spacial score (nSPS) is 10.5. The lowest BCUT2D eigenvalue weighted by molar-refractivity contribution is 0.414. The summed E-state index contributed by atoms with van der Waals surface area (Å²) in [7, 11) is 1.64. The summed E-state index contributed by atoms with van der Waals surface area (Å²) in [6, 6.07) is 19.0. The van der Waals surface area contributed by atoms with Crippen molar-refractivity contribution in [3.05, 3.63) is 80.2 Å². The number of nitrogens with zero attached hydrogens (tertiary/aromatic N) is 2. The average molecular weight is 418 g/mol. The van der Waals surface area contributed by atoms with Crippen LogP contribution in [-0.2, 0) is 6.54 Å². The number of rotatable bonds is 4. The van der Waals surface area contributed by atoms with Crippen molar-refractivity contribution in [2.45, 2.75) is 6.54 Å². The molecule has 0 spiro atoms. The summed E-state index contributed by atoms with van der Waals surface area (Å²) in [5.41, 5.74) is 2.69. The van der Waals surface area contributed by atoms with E-state index >= 15 is 0 Å². The predicted octanol–water partition coefficient (Wildman–Crippen LogP) is 3.57. The summed E-state index contributed by atoms with van der Waals surface area (Å²) in [6.45, 7) is 0.459. The molecule has 23 heavy (non-hydrogen) atoms. The molecule has 0 radical (unpaired) electrons. The van der Waals surface area contributed by atoms with Gasteiger partial charge in [0.2, 0.25) is 0 Å². The average Bonchev–Trinajstić information content (AvgIpc) is 2.58. The summed E-state index contributed by atoms with van der Waals surface area (Å²) >= 11 is 2.25. The highest BCUT2D eigenvalue weighted by molar-refractivity contribution is 14.1. The van der Waals surface area contributed by atoms with Crippen LogP contribution in [0.3, 0.4) is 0 Å². The Balaban J connectivity index is 1.99. The van der Waals surface area contributed by atoms with Crippen molar-refractivity contribution < 1.29 is 4.74 Å². The molecule has 0 aliphatic rings. The Hall–Kier alpha value is -2.15. The van der Waals surface area contributed by atoms with Gasteiger partial charge < -0.3 is 4.74 Å². The molecule has 2 aromatic carbocycles. The summed E-state index contributed by atoms with van der Waals surface area (Å²) in [6.07, 6.45) is 0. The maximum Gasteiger partial charge on any atom is 0.267 e. The van der Waals surface area contributed by atoms with Crippen molar-refractivity contribution >= 4 is 22.6 Å². The molecule has 5 heteroatoms. The van der Waals surface area contributed by atoms with Crippen LogP contribution in [0.5, 0.6) is 5.75 Å². The van der Waals surface area contributed by atoms with Gasteiger partial charge in [-0.05, 0) is 52.4 Å². The number of ether oxygens (including phenoxy) is 1. The van der Waals surface area contributed by atoms with Gasteiger partial charge in [0, 0.05) is 15.2 Å². The Kier molecular flexibility index (Phi) is 4.76. The molecule has 0 bridgehead atoms. The minimum Gasteiger partial charge on any atom is -0.497 e. The van der Waals surface area contributed by atoms with Crippen molar-refractivity contribution in [1.82, 2.24) is 9.78 Å². The van der Waals surface area contributed by atoms with Gasteiger partial charge in [-0.1, -0.05) is 30.3 Å². The lowest BCUT2D eigenvalue weighted by Gasteiger charge is -2.09. The highest BCUT2D eigenvalue weighted by Gasteiger charge is 2.08. The molecule has 3 rings (SSSR count). The second-order valence-corrected chi connectivity index (χ2v) is 6.21. The number of hydrogen-bond acceptors (Lipinski definition) is 3. The third kappa shape index (κ3) is 3.61. The minimum absolute atomic E-state index is 0.110. The standard InChI is InChI=1S/C18H15IN2O2/c1-23-14-7-8-15(16(19)11-14)17-9-10-18(22)21(20-17)12-13-5-3-2-4-6-13/h2-11H,12H2,1H3. The SMILES string of the molecule is COc1ccc(-c2ccc(=O)n(Cc3ccccc3)n2)c(I)c1. The van der Waals surface area contributed by atoms with E-state index in [-0.39, 0.29) is 5.56 Å². The highest BCUT2D eigenvalue weighted by Crippen LogP contribution is 2.26. The zero-order valence-electron chi connectivity index (χ0n) is 12.6. The van der Waals surface area contributed by atoms with Crippen LogP contribution >= 0.6 is 22.6 Å². The summed E-state index contributed by atoms with van der Waals surface area (Å²) in [5, 5.41) is 4.51. The maximum atomic E-state index is 12.1. The Labute approximate surface area is 147 Å². The summed E-state index contributed by atoms with van der Waals surface area (Å²) < 4.78 is 7.75. The van der Waals surface area contributed by atoms with Crippen LogP contribution in [0.25, 0.3) is 11.3 Å². The van der Waals surface area contributed by atoms with Gasteiger partial charge in [-0.3, -0.25) is 4.79 Å². The lowest BCUT2D eigenvalue weighted by atomic mass is 10.1. The summed E-state index contributed by atoms with van der Waals surface area (Å²) in [4.78, 5) is 12.1. The second kappa shape index (κ2) is 6.95. The van der Waals surface area contributed by atoms with Gasteiger partial charge in [0.25, 0.3) is 5.56 Å². The molecule has 1 heterocycles. The predicted molar refractivity (Wildman–Crippen MR) is 98.7 cm³/mol. The maximum absolute atomic E-state index is 12.1. The van der Waals surface area contributed by atoms with E-state index in [2.05, 4.69) is 27.7 Å². The molecule has 3 aromatic rings. The smallest absolute Gasteiger partial charge is 0.267 e. The fourth-order valence-electron chi connectivity index (χ4n) is 2.29. The first-order valence-corrected chi connectivity index (χ1v) is 8.21. The van der Waals surface area contributed by atoms with Crippen LogP contribution in [-0.4, -0.2) is 16.9 Å². The molecule has 4 nitrogen and oxygen atoms in total. The van der Waals surface area contributed by atoms with Gasteiger partial charge in [0.15, 0.2) is 0 Å². The molecule has 0 unspecified atom stereocenters. The molecule has 0 aliphatic heterocycles. The van der Waals surface area contributed by atoms with E-state index in [9.17, 15) is 4.79 Å². The van der Waals surface area contributed by atoms with E-state index in [4.69, 9.17) is 4.74 Å². The molecule has 0 fully saturated rings. The molecule has 0 amide bonds. The van der Waals surface area contributed by atoms with Gasteiger partial charge >= 0.3 is 0 Å². The minimum atomic E-state index is -0.110. The number of benzene rings is 2. The van der Waals surface area contributed by atoms with E-state index in [1.54, 1.807) is 19.2 Å². The molecule has 0 saturated heterocycles. The quantitative estimate of drug-likeness (QED) is 0.609. The molecular weight excluding hydrogens is 403 g/mol. The van der Waals surface area contributed by atoms with E-state index in [1.165, 1.54) is 4.68 Å². The lowest BCUT2D eigenvalue weighted by Crippen LogP contribution is -2.22. The fraction of sp³-hybridized carbons (Fsp3) is 0.111. The number of hydrogen-bond donors (Lipinski definition) is 0. The van der Waals surface area contributed by atoms with Gasteiger partial charge in [0.05, 0.1) is 19.3 Å². The van der Waals surface area contributed by atoms with Gasteiger partial charge in [-0.25, -0.2) is 4.68 Å². The fourth-order valence-corrected chi connectivity index (χ4v) is 3.06. The monoisotopic (exact) mass is 418 g/mol. The van der Waals surface area contributed by atoms with E-state index < -0.39 is 0 Å². The van der Waals surface area contributed by atoms with Crippen molar-refractivity contribution in [2.75, 3.05) is 7.11 Å². The van der Waals surface area contributed by atoms with Crippen LogP contribution in [0.2, 0.25) is 0 Å². The topological polar surface area (TPSA) is 44.1 Å². The zero-order chi connectivity index (χ0) is 16.2. The van der Waals surface area contributed by atoms with Crippen LogP contribution < -0.4 is 10.3 Å². The van der Waals surface area contributed by atoms with Gasteiger partial charge in [-0.2, -0.15) is 5.10 Å². The van der Waals surface area contributed by atoms with Crippen molar-refractivity contribution in [2.24, 2.45) is 0 Å². The Morgan fingerprint density at radius 2 is 1.87 bits per heavy atom. The largest absolute Gasteiger partial charge is 0.497 e. The number of halogens is 1. The van der Waals surface area contributed by atoms with Crippen LogP contribution in [0, 0.1) is 3.57 Å².